The van der Waals surface area contributed by atoms with Crippen LogP contribution in [0.2, 0.25) is 0 Å². The molecule has 0 saturated carbocycles. The van der Waals surface area contributed by atoms with E-state index in [1.54, 1.807) is 17.7 Å². The van der Waals surface area contributed by atoms with E-state index < -0.39 is 0 Å². The molecular weight excluding hydrogens is 477 g/mol. The van der Waals surface area contributed by atoms with Crippen molar-refractivity contribution in [2.24, 2.45) is 0 Å². The minimum Gasteiger partial charge on any atom is -0.325 e. The third kappa shape index (κ3) is 3.75. The van der Waals surface area contributed by atoms with Gasteiger partial charge in [-0.15, -0.1) is 11.3 Å². The number of thiophene rings is 1. The zero-order chi connectivity index (χ0) is 18.1. The van der Waals surface area contributed by atoms with Crippen molar-refractivity contribution in [2.75, 3.05) is 11.1 Å². The highest BCUT2D eigenvalue weighted by molar-refractivity contribution is 14.1. The van der Waals surface area contributed by atoms with Crippen LogP contribution in [0.25, 0.3) is 10.2 Å². The number of anilines is 1. The molecule has 7 heteroatoms. The molecule has 4 rings (SSSR count). The number of thioether (sulfide) groups is 1. The van der Waals surface area contributed by atoms with Gasteiger partial charge in [0.2, 0.25) is 5.91 Å². The summed E-state index contributed by atoms with van der Waals surface area (Å²) in [5.41, 5.74) is 3.36. The van der Waals surface area contributed by atoms with Crippen LogP contribution in [0.3, 0.4) is 0 Å². The normalized spacial score (nSPS) is 13.6. The summed E-state index contributed by atoms with van der Waals surface area (Å²) in [6.45, 7) is 2.01. The minimum atomic E-state index is -0.00447. The highest BCUT2D eigenvalue weighted by Gasteiger charge is 2.20. The number of hydrogen-bond acceptors (Lipinski definition) is 5. The minimum absolute atomic E-state index is 0.00447. The summed E-state index contributed by atoms with van der Waals surface area (Å²) in [7, 11) is 0. The molecule has 0 unspecified atom stereocenters. The summed E-state index contributed by atoms with van der Waals surface area (Å²) < 4.78 is 1.16. The van der Waals surface area contributed by atoms with Gasteiger partial charge in [0, 0.05) is 19.5 Å². The molecule has 0 aliphatic heterocycles. The smallest absolute Gasteiger partial charge is 0.234 e. The maximum absolute atomic E-state index is 12.4. The number of halogens is 1. The molecule has 1 amide bonds. The fourth-order valence-electron chi connectivity index (χ4n) is 3.26. The molecule has 0 spiro atoms. The Morgan fingerprint density at radius 2 is 2.15 bits per heavy atom. The molecule has 4 nitrogen and oxygen atoms in total. The largest absolute Gasteiger partial charge is 0.325 e. The number of nitrogens with zero attached hydrogens (tertiary/aromatic N) is 2. The van der Waals surface area contributed by atoms with Crippen LogP contribution < -0.4 is 5.32 Å². The number of aromatic nitrogens is 2. The number of hydrogen-bond donors (Lipinski definition) is 1. The van der Waals surface area contributed by atoms with Gasteiger partial charge in [0.25, 0.3) is 0 Å². The van der Waals surface area contributed by atoms with Gasteiger partial charge in [-0.05, 0) is 84.5 Å². The Morgan fingerprint density at radius 3 is 3.00 bits per heavy atom. The Hall–Kier alpha value is -1.19. The van der Waals surface area contributed by atoms with Crippen molar-refractivity contribution in [2.45, 2.75) is 37.6 Å². The van der Waals surface area contributed by atoms with E-state index in [2.05, 4.69) is 43.9 Å². The molecule has 1 N–H and O–H groups in total. The second kappa shape index (κ2) is 7.82. The van der Waals surface area contributed by atoms with Gasteiger partial charge in [0.1, 0.15) is 16.2 Å². The topological polar surface area (TPSA) is 54.9 Å². The molecular formula is C19H18IN3OS2. The highest BCUT2D eigenvalue weighted by Crippen LogP contribution is 2.39. The summed E-state index contributed by atoms with van der Waals surface area (Å²) in [5.74, 6) is 0.345. The zero-order valence-corrected chi connectivity index (χ0v) is 18.1. The van der Waals surface area contributed by atoms with Gasteiger partial charge < -0.3 is 5.32 Å². The van der Waals surface area contributed by atoms with Crippen LogP contribution in [0.5, 0.6) is 0 Å². The summed E-state index contributed by atoms with van der Waals surface area (Å²) in [5, 5.41) is 5.12. The van der Waals surface area contributed by atoms with Gasteiger partial charge >= 0.3 is 0 Å². The molecule has 1 aromatic carbocycles. The van der Waals surface area contributed by atoms with Crippen LogP contribution in [-0.2, 0) is 17.6 Å². The van der Waals surface area contributed by atoms with E-state index in [0.717, 1.165) is 37.5 Å². The lowest BCUT2D eigenvalue weighted by Crippen LogP contribution is -2.15. The Morgan fingerprint density at radius 1 is 1.31 bits per heavy atom. The van der Waals surface area contributed by atoms with Crippen LogP contribution in [0, 0.1) is 10.5 Å². The number of carbonyl (C=O) groups excluding carboxylic acids is 1. The molecule has 3 aromatic rings. The average molecular weight is 495 g/mol. The van der Waals surface area contributed by atoms with Crippen LogP contribution in [-0.4, -0.2) is 21.6 Å². The predicted molar refractivity (Wildman–Crippen MR) is 117 cm³/mol. The summed E-state index contributed by atoms with van der Waals surface area (Å²) in [6, 6.07) is 6.02. The van der Waals surface area contributed by atoms with Crippen molar-refractivity contribution < 1.29 is 4.79 Å². The monoisotopic (exact) mass is 495 g/mol. The lowest BCUT2D eigenvalue weighted by molar-refractivity contribution is -0.113. The summed E-state index contributed by atoms with van der Waals surface area (Å²) in [6.07, 6.45) is 6.35. The van der Waals surface area contributed by atoms with Crippen molar-refractivity contribution in [3.63, 3.8) is 0 Å². The van der Waals surface area contributed by atoms with E-state index >= 15 is 0 Å². The first kappa shape index (κ1) is 18.2. The molecule has 134 valence electrons. The van der Waals surface area contributed by atoms with Crippen molar-refractivity contribution in [3.8, 4) is 0 Å². The average Bonchev–Trinajstić information content (AvgIpc) is 3.01. The van der Waals surface area contributed by atoms with E-state index in [9.17, 15) is 4.79 Å². The van der Waals surface area contributed by atoms with Gasteiger partial charge in [0.15, 0.2) is 0 Å². The van der Waals surface area contributed by atoms with Crippen LogP contribution in [0.15, 0.2) is 29.6 Å². The second-order valence-corrected chi connectivity index (χ2v) is 9.66. The molecule has 1 aliphatic rings. The first-order chi connectivity index (χ1) is 12.6. The third-order valence-electron chi connectivity index (χ3n) is 4.52. The van der Waals surface area contributed by atoms with Gasteiger partial charge in [-0.25, -0.2) is 9.97 Å². The molecule has 2 aromatic heterocycles. The number of rotatable bonds is 4. The van der Waals surface area contributed by atoms with Gasteiger partial charge in [0.05, 0.1) is 5.75 Å². The molecule has 0 bridgehead atoms. The second-order valence-electron chi connectivity index (χ2n) is 6.37. The Kier molecular flexibility index (Phi) is 5.47. The van der Waals surface area contributed by atoms with E-state index in [4.69, 9.17) is 0 Å². The van der Waals surface area contributed by atoms with Gasteiger partial charge in [-0.2, -0.15) is 0 Å². The summed E-state index contributed by atoms with van der Waals surface area (Å²) >= 11 is 5.57. The fourth-order valence-corrected chi connectivity index (χ4v) is 6.02. The maximum Gasteiger partial charge on any atom is 0.234 e. The predicted octanol–water partition coefficient (Wildman–Crippen LogP) is 5.21. The number of amides is 1. The van der Waals surface area contributed by atoms with Crippen LogP contribution >= 0.6 is 45.7 Å². The number of benzene rings is 1. The third-order valence-corrected chi connectivity index (χ3v) is 7.38. The van der Waals surface area contributed by atoms with Crippen molar-refractivity contribution in [1.29, 1.82) is 0 Å². The lowest BCUT2D eigenvalue weighted by Gasteiger charge is -2.11. The maximum atomic E-state index is 12.4. The number of fused-ring (bicyclic) bond motifs is 3. The molecule has 1 aliphatic carbocycles. The SMILES string of the molecule is Cc1cc(I)ccc1NC(=O)CSc1ncnc2sc3c(c12)CCCC3. The van der Waals surface area contributed by atoms with E-state index in [1.165, 1.54) is 40.4 Å². The van der Waals surface area contributed by atoms with E-state index in [0.29, 0.717) is 5.75 Å². The van der Waals surface area contributed by atoms with Gasteiger partial charge in [-0.3, -0.25) is 4.79 Å². The molecule has 2 heterocycles. The van der Waals surface area contributed by atoms with Crippen molar-refractivity contribution >= 4 is 67.5 Å². The van der Waals surface area contributed by atoms with Crippen molar-refractivity contribution in [1.82, 2.24) is 9.97 Å². The quantitative estimate of drug-likeness (QED) is 0.307. The van der Waals surface area contributed by atoms with E-state index in [1.807, 2.05) is 19.1 Å². The van der Waals surface area contributed by atoms with E-state index in [-0.39, 0.29) is 5.91 Å². The number of carbonyl (C=O) groups is 1. The van der Waals surface area contributed by atoms with Crippen LogP contribution in [0.1, 0.15) is 28.8 Å². The number of nitrogens with one attached hydrogen (secondary N) is 1. The molecule has 0 atom stereocenters. The standard InChI is InChI=1S/C19H18IN3OS2/c1-11-8-12(20)6-7-14(11)23-16(24)9-25-18-17-13-4-2-3-5-15(13)26-19(17)22-10-21-18/h6-8,10H,2-5,9H2,1H3,(H,23,24). The summed E-state index contributed by atoms with van der Waals surface area (Å²) in [4.78, 5) is 23.8. The molecule has 26 heavy (non-hydrogen) atoms. The molecule has 0 saturated heterocycles. The number of aryl methyl sites for hydroxylation is 3. The molecule has 0 fully saturated rings. The Balaban J connectivity index is 1.51. The Bertz CT molecular complexity index is 986. The first-order valence-corrected chi connectivity index (χ1v) is 11.4. The van der Waals surface area contributed by atoms with Gasteiger partial charge in [-0.1, -0.05) is 11.8 Å². The fraction of sp³-hybridized carbons (Fsp3) is 0.316. The highest BCUT2D eigenvalue weighted by atomic mass is 127. The Labute approximate surface area is 174 Å². The zero-order valence-electron chi connectivity index (χ0n) is 14.3. The first-order valence-electron chi connectivity index (χ1n) is 8.56. The van der Waals surface area contributed by atoms with Crippen molar-refractivity contribution in [3.05, 3.63) is 44.1 Å². The van der Waals surface area contributed by atoms with Crippen LogP contribution in [0.4, 0.5) is 5.69 Å². The molecule has 0 radical (unpaired) electrons. The lowest BCUT2D eigenvalue weighted by atomic mass is 9.97.